The van der Waals surface area contributed by atoms with Gasteiger partial charge in [0.25, 0.3) is 6.43 Å². The molecule has 82 valence electrons. The Bertz CT molecular complexity index is 400. The lowest BCUT2D eigenvalue weighted by molar-refractivity contribution is -0.391. The van der Waals surface area contributed by atoms with E-state index < -0.39 is 22.7 Å². The summed E-state index contributed by atoms with van der Waals surface area (Å²) in [6, 6.07) is 0. The van der Waals surface area contributed by atoms with Crippen molar-refractivity contribution in [2.45, 2.75) is 13.0 Å². The van der Waals surface area contributed by atoms with Crippen LogP contribution in [0.25, 0.3) is 0 Å². The van der Waals surface area contributed by atoms with Gasteiger partial charge in [0.1, 0.15) is 11.8 Å². The van der Waals surface area contributed by atoms with E-state index in [0.29, 0.717) is 5.56 Å². The van der Waals surface area contributed by atoms with E-state index in [4.69, 9.17) is 5.73 Å². The number of nitrogens with zero attached hydrogens (tertiary/aromatic N) is 2. The van der Waals surface area contributed by atoms with E-state index in [1.807, 2.05) is 0 Å². The van der Waals surface area contributed by atoms with E-state index in [0.717, 1.165) is 6.20 Å². The normalized spacial score (nSPS) is 10.7. The van der Waals surface area contributed by atoms with E-state index in [2.05, 4.69) is 20.9 Å². The molecule has 1 aromatic heterocycles. The second-order valence-electron chi connectivity index (χ2n) is 2.60. The molecular weight excluding hydrogens is 276 g/mol. The molecule has 0 atom stereocenters. The largest absolute Gasteiger partial charge is 0.373 e. The molecule has 0 saturated carbocycles. The molecule has 15 heavy (non-hydrogen) atoms. The third-order valence-electron chi connectivity index (χ3n) is 1.71. The minimum Gasteiger partial charge on any atom is -0.358 e. The van der Waals surface area contributed by atoms with Crippen molar-refractivity contribution in [1.29, 1.82) is 0 Å². The molecule has 0 spiro atoms. The molecule has 1 aromatic rings. The molecule has 1 rings (SSSR count). The quantitative estimate of drug-likeness (QED) is 0.680. The number of pyridine rings is 1. The van der Waals surface area contributed by atoms with Crippen LogP contribution < -0.4 is 5.73 Å². The lowest BCUT2D eigenvalue weighted by atomic mass is 10.2. The third kappa shape index (κ3) is 2.26. The maximum absolute atomic E-state index is 12.5. The predicted molar refractivity (Wildman–Crippen MR) is 51.4 cm³/mol. The summed E-state index contributed by atoms with van der Waals surface area (Å²) in [6.45, 7) is -0.0225. The van der Waals surface area contributed by atoms with Gasteiger partial charge in [-0.1, -0.05) is 0 Å². The van der Waals surface area contributed by atoms with Gasteiger partial charge in [-0.3, -0.25) is 0 Å². The number of aromatic nitrogens is 1. The van der Waals surface area contributed by atoms with Gasteiger partial charge in [-0.05, 0) is 25.8 Å². The standard InChI is InChI=1S/C7H6BrF2N3O2/c8-5-3(1-11)2-12-7(13(14)15)4(5)6(9)10/h2,6H,1,11H2. The van der Waals surface area contributed by atoms with Crippen molar-refractivity contribution in [1.82, 2.24) is 4.98 Å². The lowest BCUT2D eigenvalue weighted by Gasteiger charge is -2.06. The number of nitro groups is 1. The predicted octanol–water partition coefficient (Wildman–Crippen LogP) is 2.15. The minimum atomic E-state index is -2.97. The van der Waals surface area contributed by atoms with Crippen molar-refractivity contribution in [3.8, 4) is 0 Å². The summed E-state index contributed by atoms with van der Waals surface area (Å²) in [5, 5.41) is 10.4. The maximum Gasteiger partial charge on any atom is 0.373 e. The van der Waals surface area contributed by atoms with Gasteiger partial charge >= 0.3 is 5.82 Å². The Kier molecular flexibility index (Phi) is 3.64. The highest BCUT2D eigenvalue weighted by Crippen LogP contribution is 2.35. The Morgan fingerprint density at radius 3 is 2.67 bits per heavy atom. The van der Waals surface area contributed by atoms with Gasteiger partial charge in [0.05, 0.1) is 0 Å². The first kappa shape index (κ1) is 11.9. The molecule has 0 saturated heterocycles. The molecule has 2 N–H and O–H groups in total. The fraction of sp³-hybridized carbons (Fsp3) is 0.286. The lowest BCUT2D eigenvalue weighted by Crippen LogP contribution is -2.05. The highest BCUT2D eigenvalue weighted by molar-refractivity contribution is 9.10. The molecule has 0 fully saturated rings. The number of halogens is 3. The van der Waals surface area contributed by atoms with Crippen molar-refractivity contribution in [2.24, 2.45) is 5.73 Å². The number of hydrogen-bond acceptors (Lipinski definition) is 4. The smallest absolute Gasteiger partial charge is 0.358 e. The van der Waals surface area contributed by atoms with Crippen LogP contribution in [0.5, 0.6) is 0 Å². The average molecular weight is 282 g/mol. The molecule has 0 unspecified atom stereocenters. The molecule has 0 aromatic carbocycles. The number of alkyl halides is 2. The summed E-state index contributed by atoms with van der Waals surface area (Å²) in [5.74, 6) is -0.853. The van der Waals surface area contributed by atoms with Crippen molar-refractivity contribution in [3.63, 3.8) is 0 Å². The van der Waals surface area contributed by atoms with E-state index in [1.165, 1.54) is 0 Å². The molecule has 0 aliphatic carbocycles. The van der Waals surface area contributed by atoms with Crippen LogP contribution in [0.1, 0.15) is 17.6 Å². The highest BCUT2D eigenvalue weighted by atomic mass is 79.9. The molecule has 0 radical (unpaired) electrons. The molecule has 1 heterocycles. The molecule has 0 aliphatic rings. The van der Waals surface area contributed by atoms with Crippen molar-refractivity contribution in [3.05, 3.63) is 31.9 Å². The zero-order chi connectivity index (χ0) is 11.6. The van der Waals surface area contributed by atoms with Gasteiger partial charge < -0.3 is 15.8 Å². The second kappa shape index (κ2) is 4.58. The Morgan fingerprint density at radius 1 is 1.67 bits per heavy atom. The van der Waals surface area contributed by atoms with Crippen LogP contribution in [-0.4, -0.2) is 9.91 Å². The summed E-state index contributed by atoms with van der Waals surface area (Å²) in [6.07, 6.45) is -1.87. The van der Waals surface area contributed by atoms with E-state index in [-0.39, 0.29) is 11.0 Å². The van der Waals surface area contributed by atoms with E-state index in [1.54, 1.807) is 0 Å². The molecule has 0 amide bonds. The van der Waals surface area contributed by atoms with E-state index >= 15 is 0 Å². The minimum absolute atomic E-state index is 0.0225. The van der Waals surface area contributed by atoms with E-state index in [9.17, 15) is 18.9 Å². The fourth-order valence-electron chi connectivity index (χ4n) is 1.02. The molecule has 0 aliphatic heterocycles. The van der Waals surface area contributed by atoms with Crippen LogP contribution in [0.4, 0.5) is 14.6 Å². The molecule has 5 nitrogen and oxygen atoms in total. The Balaban J connectivity index is 3.44. The average Bonchev–Trinajstić information content (AvgIpc) is 2.16. The van der Waals surface area contributed by atoms with Crippen LogP contribution in [0.15, 0.2) is 10.7 Å². The summed E-state index contributed by atoms with van der Waals surface area (Å²) < 4.78 is 25.0. The first-order chi connectivity index (χ1) is 6.99. The van der Waals surface area contributed by atoms with Crippen LogP contribution in [0.3, 0.4) is 0 Å². The molecular formula is C7H6BrF2N3O2. The monoisotopic (exact) mass is 281 g/mol. The van der Waals surface area contributed by atoms with Gasteiger partial charge in [-0.2, -0.15) is 0 Å². The molecule has 8 heteroatoms. The SMILES string of the molecule is NCc1cnc([N+](=O)[O-])c(C(F)F)c1Br. The van der Waals surface area contributed by atoms with Gasteiger partial charge in [-0.25, -0.2) is 8.78 Å². The zero-order valence-corrected chi connectivity index (χ0v) is 8.87. The third-order valence-corrected chi connectivity index (χ3v) is 2.65. The highest BCUT2D eigenvalue weighted by Gasteiger charge is 2.28. The van der Waals surface area contributed by atoms with Crippen LogP contribution in [0.2, 0.25) is 0 Å². The van der Waals surface area contributed by atoms with Crippen LogP contribution in [0, 0.1) is 10.1 Å². The maximum atomic E-state index is 12.5. The summed E-state index contributed by atoms with van der Waals surface area (Å²) in [4.78, 5) is 12.8. The first-order valence-corrected chi connectivity index (χ1v) is 4.58. The van der Waals surface area contributed by atoms with Gasteiger partial charge in [0.15, 0.2) is 0 Å². The van der Waals surface area contributed by atoms with Crippen molar-refractivity contribution < 1.29 is 13.7 Å². The Labute approximate surface area is 91.6 Å². The summed E-state index contributed by atoms with van der Waals surface area (Å²) in [7, 11) is 0. The zero-order valence-electron chi connectivity index (χ0n) is 7.28. The van der Waals surface area contributed by atoms with Crippen molar-refractivity contribution >= 4 is 21.7 Å². The summed E-state index contributed by atoms with van der Waals surface area (Å²) in [5.41, 5.74) is 4.83. The number of hydrogen-bond donors (Lipinski definition) is 1. The van der Waals surface area contributed by atoms with Crippen molar-refractivity contribution in [2.75, 3.05) is 0 Å². The second-order valence-corrected chi connectivity index (χ2v) is 3.39. The van der Waals surface area contributed by atoms with Crippen LogP contribution >= 0.6 is 15.9 Å². The Hall–Kier alpha value is -1.15. The van der Waals surface area contributed by atoms with Crippen LogP contribution in [-0.2, 0) is 6.54 Å². The molecule has 0 bridgehead atoms. The number of nitrogens with two attached hydrogens (primary N) is 1. The number of rotatable bonds is 3. The van der Waals surface area contributed by atoms with Gasteiger partial charge in [0.2, 0.25) is 0 Å². The first-order valence-electron chi connectivity index (χ1n) is 3.79. The Morgan fingerprint density at radius 2 is 2.27 bits per heavy atom. The van der Waals surface area contributed by atoms with Gasteiger partial charge in [-0.15, -0.1) is 0 Å². The van der Waals surface area contributed by atoms with Gasteiger partial charge in [0, 0.05) is 16.6 Å². The fourth-order valence-corrected chi connectivity index (χ4v) is 1.63. The summed E-state index contributed by atoms with van der Waals surface area (Å²) >= 11 is 2.86. The topological polar surface area (TPSA) is 82.0 Å².